The van der Waals surface area contributed by atoms with E-state index in [9.17, 15) is 9.90 Å². The molecule has 4 nitrogen and oxygen atoms in total. The van der Waals surface area contributed by atoms with Crippen molar-refractivity contribution in [2.75, 3.05) is 19.6 Å². The number of hydrogen-bond acceptors (Lipinski definition) is 3. The summed E-state index contributed by atoms with van der Waals surface area (Å²) in [5, 5.41) is 12.7. The van der Waals surface area contributed by atoms with E-state index in [-0.39, 0.29) is 23.5 Å². The molecule has 1 aliphatic rings. The zero-order chi connectivity index (χ0) is 12.3. The fourth-order valence-corrected chi connectivity index (χ4v) is 2.09. The molecule has 2 atom stereocenters. The first-order chi connectivity index (χ1) is 7.36. The Kier molecular flexibility index (Phi) is 4.33. The van der Waals surface area contributed by atoms with E-state index in [1.54, 1.807) is 4.90 Å². The van der Waals surface area contributed by atoms with Gasteiger partial charge in [-0.3, -0.25) is 4.79 Å². The summed E-state index contributed by atoms with van der Waals surface area (Å²) in [5.74, 6) is 0.117. The van der Waals surface area contributed by atoms with Gasteiger partial charge in [0.2, 0.25) is 5.91 Å². The number of carbonyl (C=O) groups excluding carboxylic acids is 1. The third-order valence-electron chi connectivity index (χ3n) is 3.00. The third-order valence-corrected chi connectivity index (χ3v) is 3.00. The minimum absolute atomic E-state index is 0.0966. The zero-order valence-electron chi connectivity index (χ0n) is 10.8. The van der Waals surface area contributed by atoms with E-state index >= 15 is 0 Å². The van der Waals surface area contributed by atoms with E-state index in [4.69, 9.17) is 0 Å². The monoisotopic (exact) mass is 228 g/mol. The van der Waals surface area contributed by atoms with Crippen LogP contribution < -0.4 is 5.32 Å². The van der Waals surface area contributed by atoms with Gasteiger partial charge in [-0.05, 0) is 18.4 Å². The second kappa shape index (κ2) is 5.15. The summed E-state index contributed by atoms with van der Waals surface area (Å²) in [6, 6.07) is -0.164. The van der Waals surface area contributed by atoms with Crippen molar-refractivity contribution in [3.63, 3.8) is 0 Å². The van der Waals surface area contributed by atoms with E-state index in [1.165, 1.54) is 0 Å². The summed E-state index contributed by atoms with van der Waals surface area (Å²) >= 11 is 0. The van der Waals surface area contributed by atoms with Crippen LogP contribution in [0.4, 0.5) is 0 Å². The molecular weight excluding hydrogens is 204 g/mol. The fourth-order valence-electron chi connectivity index (χ4n) is 2.09. The molecule has 1 heterocycles. The second-order valence-electron chi connectivity index (χ2n) is 5.58. The molecule has 2 N–H and O–H groups in total. The van der Waals surface area contributed by atoms with Gasteiger partial charge >= 0.3 is 0 Å². The summed E-state index contributed by atoms with van der Waals surface area (Å²) in [6.45, 7) is 10.1. The van der Waals surface area contributed by atoms with Crippen LogP contribution in [0.3, 0.4) is 0 Å². The Labute approximate surface area is 98.0 Å². The lowest BCUT2D eigenvalue weighted by Gasteiger charge is -2.33. The van der Waals surface area contributed by atoms with Crippen LogP contribution in [0.5, 0.6) is 0 Å². The average Bonchev–Trinajstić information content (AvgIpc) is 2.58. The number of hydrogen-bond donors (Lipinski definition) is 2. The average molecular weight is 228 g/mol. The summed E-state index contributed by atoms with van der Waals surface area (Å²) in [4.78, 5) is 14.0. The van der Waals surface area contributed by atoms with Crippen molar-refractivity contribution in [1.82, 2.24) is 10.2 Å². The van der Waals surface area contributed by atoms with Crippen LogP contribution in [0.15, 0.2) is 0 Å². The Hall–Kier alpha value is -0.610. The van der Waals surface area contributed by atoms with Gasteiger partial charge in [0.15, 0.2) is 0 Å². The van der Waals surface area contributed by atoms with Crippen LogP contribution in [0.25, 0.3) is 0 Å². The normalized spacial score (nSPS) is 23.6. The molecule has 2 unspecified atom stereocenters. The molecule has 0 radical (unpaired) electrons. The van der Waals surface area contributed by atoms with Gasteiger partial charge in [-0.25, -0.2) is 0 Å². The van der Waals surface area contributed by atoms with E-state index < -0.39 is 0 Å². The highest BCUT2D eigenvalue weighted by Crippen LogP contribution is 2.22. The van der Waals surface area contributed by atoms with Gasteiger partial charge in [0, 0.05) is 13.1 Å². The largest absolute Gasteiger partial charge is 0.391 e. The standard InChI is InChI=1S/C12H24N2O2/c1-5-13-10(12(2,3)4)11(16)14-7-6-9(15)8-14/h9-10,13,15H,5-8H2,1-4H3. The number of amides is 1. The number of rotatable bonds is 3. The number of likely N-dealkylation sites (tertiary alicyclic amines) is 1. The molecule has 0 aliphatic carbocycles. The number of aliphatic hydroxyl groups excluding tert-OH is 1. The van der Waals surface area contributed by atoms with Gasteiger partial charge in [-0.1, -0.05) is 27.7 Å². The lowest BCUT2D eigenvalue weighted by atomic mass is 9.86. The predicted molar refractivity (Wildman–Crippen MR) is 64.1 cm³/mol. The minimum Gasteiger partial charge on any atom is -0.391 e. The van der Waals surface area contributed by atoms with E-state index in [0.717, 1.165) is 6.54 Å². The highest BCUT2D eigenvalue weighted by Gasteiger charge is 2.36. The smallest absolute Gasteiger partial charge is 0.240 e. The van der Waals surface area contributed by atoms with E-state index in [0.29, 0.717) is 19.5 Å². The summed E-state index contributed by atoms with van der Waals surface area (Å²) in [7, 11) is 0. The van der Waals surface area contributed by atoms with E-state index in [1.807, 2.05) is 6.92 Å². The summed E-state index contributed by atoms with van der Waals surface area (Å²) in [6.07, 6.45) is 0.362. The Morgan fingerprint density at radius 3 is 2.56 bits per heavy atom. The van der Waals surface area contributed by atoms with Crippen LogP contribution in [0.2, 0.25) is 0 Å². The van der Waals surface area contributed by atoms with Crippen LogP contribution in [0, 0.1) is 5.41 Å². The quantitative estimate of drug-likeness (QED) is 0.744. The first-order valence-electron chi connectivity index (χ1n) is 6.06. The minimum atomic E-state index is -0.341. The molecule has 1 saturated heterocycles. The Bertz CT molecular complexity index is 248. The molecule has 0 aromatic carbocycles. The lowest BCUT2D eigenvalue weighted by Crippen LogP contribution is -2.52. The Balaban J connectivity index is 2.68. The van der Waals surface area contributed by atoms with Crippen molar-refractivity contribution >= 4 is 5.91 Å². The van der Waals surface area contributed by atoms with Gasteiger partial charge < -0.3 is 15.3 Å². The molecule has 1 fully saturated rings. The molecule has 16 heavy (non-hydrogen) atoms. The maximum Gasteiger partial charge on any atom is 0.240 e. The molecule has 0 saturated carbocycles. The van der Waals surface area contributed by atoms with Crippen molar-refractivity contribution in [2.24, 2.45) is 5.41 Å². The van der Waals surface area contributed by atoms with Crippen LogP contribution in [0.1, 0.15) is 34.1 Å². The maximum absolute atomic E-state index is 12.3. The molecule has 1 aliphatic heterocycles. The first-order valence-corrected chi connectivity index (χ1v) is 6.06. The number of carbonyl (C=O) groups is 1. The summed E-state index contributed by atoms with van der Waals surface area (Å²) in [5.41, 5.74) is -0.0966. The SMILES string of the molecule is CCNC(C(=O)N1CCC(O)C1)C(C)(C)C. The third kappa shape index (κ3) is 3.19. The topological polar surface area (TPSA) is 52.6 Å². The fraction of sp³-hybridized carbons (Fsp3) is 0.917. The van der Waals surface area contributed by atoms with Crippen molar-refractivity contribution in [3.8, 4) is 0 Å². The van der Waals surface area contributed by atoms with Crippen LogP contribution in [-0.4, -0.2) is 47.7 Å². The molecule has 94 valence electrons. The highest BCUT2D eigenvalue weighted by molar-refractivity contribution is 5.83. The maximum atomic E-state index is 12.3. The molecule has 0 bridgehead atoms. The van der Waals surface area contributed by atoms with Gasteiger partial charge in [0.05, 0.1) is 12.1 Å². The van der Waals surface area contributed by atoms with Gasteiger partial charge in [-0.2, -0.15) is 0 Å². The molecule has 0 aromatic heterocycles. The molecule has 1 rings (SSSR count). The number of nitrogens with zero attached hydrogens (tertiary/aromatic N) is 1. The van der Waals surface area contributed by atoms with Crippen LogP contribution >= 0.6 is 0 Å². The van der Waals surface area contributed by atoms with Gasteiger partial charge in [-0.15, -0.1) is 0 Å². The van der Waals surface area contributed by atoms with Crippen LogP contribution in [-0.2, 0) is 4.79 Å². The molecule has 1 amide bonds. The number of likely N-dealkylation sites (N-methyl/N-ethyl adjacent to an activating group) is 1. The summed E-state index contributed by atoms with van der Waals surface area (Å²) < 4.78 is 0. The Morgan fingerprint density at radius 2 is 2.19 bits per heavy atom. The Morgan fingerprint density at radius 1 is 1.56 bits per heavy atom. The molecule has 0 aromatic rings. The molecule has 4 heteroatoms. The number of β-amino-alcohol motifs (C(OH)–C–C–N with tert-alkyl or cyclic N) is 1. The van der Waals surface area contributed by atoms with Gasteiger partial charge in [0.25, 0.3) is 0 Å². The van der Waals surface area contributed by atoms with Crippen molar-refractivity contribution in [3.05, 3.63) is 0 Å². The lowest BCUT2D eigenvalue weighted by molar-refractivity contribution is -0.135. The van der Waals surface area contributed by atoms with E-state index in [2.05, 4.69) is 26.1 Å². The van der Waals surface area contributed by atoms with Crippen molar-refractivity contribution < 1.29 is 9.90 Å². The second-order valence-corrected chi connectivity index (χ2v) is 5.58. The zero-order valence-corrected chi connectivity index (χ0v) is 10.8. The molecule has 0 spiro atoms. The predicted octanol–water partition coefficient (Wildman–Crippen LogP) is 0.604. The first kappa shape index (κ1) is 13.5. The number of nitrogens with one attached hydrogen (secondary N) is 1. The highest BCUT2D eigenvalue weighted by atomic mass is 16.3. The van der Waals surface area contributed by atoms with Crippen molar-refractivity contribution in [1.29, 1.82) is 0 Å². The number of aliphatic hydroxyl groups is 1. The molecular formula is C12H24N2O2. The van der Waals surface area contributed by atoms with Gasteiger partial charge in [0.1, 0.15) is 0 Å². The van der Waals surface area contributed by atoms with Crippen molar-refractivity contribution in [2.45, 2.75) is 46.3 Å².